The van der Waals surface area contributed by atoms with E-state index in [2.05, 4.69) is 31.4 Å². The summed E-state index contributed by atoms with van der Waals surface area (Å²) in [6.45, 7) is 2.39. The molecule has 0 saturated heterocycles. The van der Waals surface area contributed by atoms with Gasteiger partial charge in [-0.15, -0.1) is 0 Å². The number of amides is 2. The van der Waals surface area contributed by atoms with E-state index in [-0.39, 0.29) is 19.4 Å². The Hall–Kier alpha value is -3.83. The number of guanidine groups is 1. The summed E-state index contributed by atoms with van der Waals surface area (Å²) in [5.41, 5.74) is -0.776. The molecule has 5 N–H and O–H groups in total. The molecule has 34 heavy (non-hydrogen) atoms. The fraction of sp³-hybridized carbons (Fsp3) is 0.500. The molecule has 12 nitrogen and oxygen atoms in total. The highest BCUT2D eigenvalue weighted by molar-refractivity contribution is 6.03. The number of nitrogens with one attached hydrogen (secondary N) is 4. The molecule has 3 rings (SSSR count). The van der Waals surface area contributed by atoms with Crippen molar-refractivity contribution in [2.75, 3.05) is 26.2 Å². The number of hydrogen-bond donors (Lipinski definition) is 5. The zero-order valence-electron chi connectivity index (χ0n) is 18.8. The maximum atomic E-state index is 12.6. The first kappa shape index (κ1) is 24.8. The number of carboxylic acid groups (broad SMARTS) is 1. The first-order valence-electron chi connectivity index (χ1n) is 11.2. The van der Waals surface area contributed by atoms with Crippen LogP contribution in [0, 0.1) is 0 Å². The lowest BCUT2D eigenvalue weighted by Gasteiger charge is -2.31. The zero-order valence-corrected chi connectivity index (χ0v) is 18.8. The molecule has 2 aliphatic rings. The molecule has 12 heteroatoms. The van der Waals surface area contributed by atoms with E-state index in [0.717, 1.165) is 12.1 Å². The molecule has 0 radical (unpaired) electrons. The third kappa shape index (κ3) is 7.64. The van der Waals surface area contributed by atoms with Crippen LogP contribution in [0.4, 0.5) is 4.79 Å². The number of ether oxygens (including phenoxy) is 1. The third-order valence-electron chi connectivity index (χ3n) is 5.23. The molecule has 1 atom stereocenters. The lowest BCUT2D eigenvalue weighted by Crippen LogP contribution is -2.65. The van der Waals surface area contributed by atoms with E-state index in [9.17, 15) is 19.5 Å². The van der Waals surface area contributed by atoms with Crippen LogP contribution in [0.1, 0.15) is 37.7 Å². The quantitative estimate of drug-likeness (QED) is 0.218. The minimum atomic E-state index is -2.03. The van der Waals surface area contributed by atoms with E-state index in [1.165, 1.54) is 0 Å². The number of aliphatic carboxylic acids is 1. The van der Waals surface area contributed by atoms with Gasteiger partial charge in [-0.2, -0.15) is 0 Å². The number of rotatable bonds is 12. The molecule has 1 unspecified atom stereocenters. The van der Waals surface area contributed by atoms with Gasteiger partial charge in [-0.1, -0.05) is 35.5 Å². The van der Waals surface area contributed by atoms with Crippen LogP contribution >= 0.6 is 0 Å². The van der Waals surface area contributed by atoms with Gasteiger partial charge >= 0.3 is 12.1 Å². The molecule has 0 aliphatic carbocycles. The molecule has 1 aromatic rings. The Morgan fingerprint density at radius 2 is 2.00 bits per heavy atom. The monoisotopic (exact) mass is 474 g/mol. The van der Waals surface area contributed by atoms with Gasteiger partial charge in [0.25, 0.3) is 0 Å². The van der Waals surface area contributed by atoms with Crippen molar-refractivity contribution >= 4 is 29.6 Å². The van der Waals surface area contributed by atoms with Crippen molar-refractivity contribution in [2.24, 2.45) is 10.1 Å². The summed E-state index contributed by atoms with van der Waals surface area (Å²) in [5.74, 6) is -1.27. The highest BCUT2D eigenvalue weighted by Gasteiger charge is 2.42. The van der Waals surface area contributed by atoms with Crippen molar-refractivity contribution in [3.63, 3.8) is 0 Å². The normalized spacial score (nSPS) is 16.2. The summed E-state index contributed by atoms with van der Waals surface area (Å²) in [4.78, 5) is 46.5. The molecule has 2 aliphatic heterocycles. The van der Waals surface area contributed by atoms with Gasteiger partial charge in [0, 0.05) is 25.9 Å². The van der Waals surface area contributed by atoms with Crippen LogP contribution < -0.4 is 21.3 Å². The SMILES string of the molecule is O=C(CC1=NOCC1)NC(CCCCNC1=NCCN1)(NC(=O)OCc1ccccc1)C(=O)O. The highest BCUT2D eigenvalue weighted by Crippen LogP contribution is 2.15. The van der Waals surface area contributed by atoms with Crippen LogP contribution in [0.15, 0.2) is 40.5 Å². The standard InChI is InChI=1S/C22H30N6O6/c29-18(14-17-8-13-34-28-17)26-22(19(30)31,9-4-5-10-23-20-24-11-12-25-20)27-21(32)33-15-16-6-2-1-3-7-16/h1-3,6-7H,4-5,8-15H2,(H,26,29)(H,27,32)(H,30,31)(H2,23,24,25). The minimum Gasteiger partial charge on any atom is -0.478 e. The first-order chi connectivity index (χ1) is 16.5. The maximum absolute atomic E-state index is 12.6. The van der Waals surface area contributed by atoms with Crippen LogP contribution in [-0.4, -0.2) is 66.7 Å². The number of aliphatic imine (C=N–C) groups is 1. The van der Waals surface area contributed by atoms with E-state index in [1.54, 1.807) is 24.3 Å². The van der Waals surface area contributed by atoms with Crippen LogP contribution in [-0.2, 0) is 25.8 Å². The Kier molecular flexibility index (Phi) is 9.06. The van der Waals surface area contributed by atoms with Crippen molar-refractivity contribution in [3.05, 3.63) is 35.9 Å². The van der Waals surface area contributed by atoms with Crippen molar-refractivity contribution in [1.29, 1.82) is 0 Å². The minimum absolute atomic E-state index is 0.0382. The van der Waals surface area contributed by atoms with Gasteiger partial charge in [-0.3, -0.25) is 15.1 Å². The Morgan fingerprint density at radius 1 is 1.18 bits per heavy atom. The summed E-state index contributed by atoms with van der Waals surface area (Å²) >= 11 is 0. The molecule has 184 valence electrons. The Bertz CT molecular complexity index is 922. The van der Waals surface area contributed by atoms with Crippen LogP contribution in [0.2, 0.25) is 0 Å². The lowest BCUT2D eigenvalue weighted by atomic mass is 10.0. The van der Waals surface area contributed by atoms with Crippen LogP contribution in [0.5, 0.6) is 0 Å². The van der Waals surface area contributed by atoms with Crippen molar-refractivity contribution in [2.45, 2.75) is 44.4 Å². The maximum Gasteiger partial charge on any atom is 0.409 e. The molecule has 0 saturated carbocycles. The van der Waals surface area contributed by atoms with Gasteiger partial charge in [0.2, 0.25) is 11.6 Å². The van der Waals surface area contributed by atoms with Gasteiger partial charge in [0.1, 0.15) is 13.2 Å². The predicted molar refractivity (Wildman–Crippen MR) is 123 cm³/mol. The number of alkyl carbamates (subject to hydrolysis) is 1. The Balaban J connectivity index is 1.60. The number of nitrogens with zero attached hydrogens (tertiary/aromatic N) is 2. The van der Waals surface area contributed by atoms with Gasteiger partial charge in [0.05, 0.1) is 18.7 Å². The summed E-state index contributed by atoms with van der Waals surface area (Å²) in [5, 5.41) is 24.8. The summed E-state index contributed by atoms with van der Waals surface area (Å²) in [6.07, 6.45) is 0.365. The smallest absolute Gasteiger partial charge is 0.409 e. The number of hydrogen-bond acceptors (Lipinski definition) is 9. The van der Waals surface area contributed by atoms with Crippen LogP contribution in [0.25, 0.3) is 0 Å². The van der Waals surface area contributed by atoms with E-state index in [4.69, 9.17) is 9.57 Å². The Labute approximate surface area is 197 Å². The molecule has 0 fully saturated rings. The number of unbranched alkanes of at least 4 members (excludes halogenated alkanes) is 1. The number of carbonyl (C=O) groups is 3. The Morgan fingerprint density at radius 3 is 2.68 bits per heavy atom. The molecule has 0 bridgehead atoms. The van der Waals surface area contributed by atoms with Gasteiger partial charge < -0.3 is 30.6 Å². The largest absolute Gasteiger partial charge is 0.478 e. The first-order valence-corrected chi connectivity index (χ1v) is 11.2. The molecule has 2 heterocycles. The molecular formula is C22H30N6O6. The van der Waals surface area contributed by atoms with Gasteiger partial charge in [-0.25, -0.2) is 9.59 Å². The summed E-state index contributed by atoms with van der Waals surface area (Å²) < 4.78 is 5.20. The fourth-order valence-electron chi connectivity index (χ4n) is 3.48. The van der Waals surface area contributed by atoms with Crippen molar-refractivity contribution in [3.8, 4) is 0 Å². The van der Waals surface area contributed by atoms with Crippen LogP contribution in [0.3, 0.4) is 0 Å². The van der Waals surface area contributed by atoms with E-state index in [0.29, 0.717) is 50.6 Å². The number of benzene rings is 1. The second-order valence-electron chi connectivity index (χ2n) is 7.90. The fourth-order valence-corrected chi connectivity index (χ4v) is 3.48. The number of oxime groups is 1. The zero-order chi connectivity index (χ0) is 24.2. The third-order valence-corrected chi connectivity index (χ3v) is 5.23. The summed E-state index contributed by atoms with van der Waals surface area (Å²) in [6, 6.07) is 8.99. The van der Waals surface area contributed by atoms with E-state index >= 15 is 0 Å². The summed E-state index contributed by atoms with van der Waals surface area (Å²) in [7, 11) is 0. The second-order valence-corrected chi connectivity index (χ2v) is 7.90. The second kappa shape index (κ2) is 12.4. The van der Waals surface area contributed by atoms with Gasteiger partial charge in [0.15, 0.2) is 5.96 Å². The average Bonchev–Trinajstić information content (AvgIpc) is 3.52. The average molecular weight is 475 g/mol. The van der Waals surface area contributed by atoms with E-state index in [1.807, 2.05) is 6.07 Å². The molecule has 0 aromatic heterocycles. The van der Waals surface area contributed by atoms with Crippen molar-refractivity contribution < 1.29 is 29.1 Å². The van der Waals surface area contributed by atoms with Crippen molar-refractivity contribution in [1.82, 2.24) is 21.3 Å². The number of carboxylic acids is 1. The molecular weight excluding hydrogens is 444 g/mol. The topological polar surface area (TPSA) is 163 Å². The highest BCUT2D eigenvalue weighted by atomic mass is 16.6. The lowest BCUT2D eigenvalue weighted by molar-refractivity contribution is -0.149. The van der Waals surface area contributed by atoms with Gasteiger partial charge in [-0.05, 0) is 18.4 Å². The molecule has 0 spiro atoms. The number of carbonyl (C=O) groups excluding carboxylic acids is 2. The van der Waals surface area contributed by atoms with E-state index < -0.39 is 23.6 Å². The molecule has 1 aromatic carbocycles. The predicted octanol–water partition coefficient (Wildman–Crippen LogP) is 0.695. The molecule has 2 amide bonds.